The Balaban J connectivity index is 2.11. The third-order valence-corrected chi connectivity index (χ3v) is 3.50. The Morgan fingerprint density at radius 3 is 2.71 bits per heavy atom. The predicted octanol–water partition coefficient (Wildman–Crippen LogP) is 3.19. The Morgan fingerprint density at radius 1 is 1.18 bits per heavy atom. The van der Waals surface area contributed by atoms with Gasteiger partial charge in [-0.15, -0.1) is 0 Å². The maximum Gasteiger partial charge on any atom is 0.140 e. The number of rotatable bonds is 1. The second kappa shape index (κ2) is 4.15. The van der Waals surface area contributed by atoms with Crippen LogP contribution >= 0.6 is 11.6 Å². The Labute approximate surface area is 105 Å². The Kier molecular flexibility index (Phi) is 2.63. The minimum absolute atomic E-state index is 0.550. The molecule has 0 amide bonds. The summed E-state index contributed by atoms with van der Waals surface area (Å²) in [5, 5.41) is 1.50. The van der Waals surface area contributed by atoms with Crippen molar-refractivity contribution in [3.8, 4) is 0 Å². The van der Waals surface area contributed by atoms with Gasteiger partial charge in [-0.1, -0.05) is 11.6 Å². The summed E-state index contributed by atoms with van der Waals surface area (Å²) in [7, 11) is 0. The van der Waals surface area contributed by atoms with Gasteiger partial charge in [0.25, 0.3) is 0 Å². The number of aromatic nitrogens is 2. The molecule has 0 atom stereocenters. The molecule has 1 aromatic heterocycles. The van der Waals surface area contributed by atoms with Gasteiger partial charge in [-0.25, -0.2) is 9.97 Å². The molecule has 2 aromatic rings. The van der Waals surface area contributed by atoms with Gasteiger partial charge in [-0.05, 0) is 38.0 Å². The molecule has 0 saturated carbocycles. The van der Waals surface area contributed by atoms with Gasteiger partial charge in [0, 0.05) is 24.2 Å². The molecule has 1 aliphatic heterocycles. The van der Waals surface area contributed by atoms with Crippen LogP contribution in [-0.2, 0) is 0 Å². The van der Waals surface area contributed by atoms with Crippen molar-refractivity contribution in [1.29, 1.82) is 0 Å². The van der Waals surface area contributed by atoms with E-state index in [1.165, 1.54) is 18.5 Å². The molecule has 0 bridgehead atoms. The van der Waals surface area contributed by atoms with Gasteiger partial charge in [0.15, 0.2) is 0 Å². The van der Waals surface area contributed by atoms with Crippen LogP contribution in [0.3, 0.4) is 0 Å². The summed E-state index contributed by atoms with van der Waals surface area (Å²) in [6.45, 7) is 4.13. The van der Waals surface area contributed by atoms with Gasteiger partial charge in [0.1, 0.15) is 11.0 Å². The van der Waals surface area contributed by atoms with E-state index < -0.39 is 0 Å². The Bertz CT molecular complexity index is 562. The van der Waals surface area contributed by atoms with Crippen LogP contribution in [0.4, 0.5) is 5.69 Å². The lowest BCUT2D eigenvalue weighted by molar-refractivity contribution is 0.949. The van der Waals surface area contributed by atoms with Crippen molar-refractivity contribution >= 4 is 28.2 Å². The minimum Gasteiger partial charge on any atom is -0.372 e. The van der Waals surface area contributed by atoms with E-state index in [4.69, 9.17) is 11.6 Å². The second-order valence-electron chi connectivity index (χ2n) is 4.46. The van der Waals surface area contributed by atoms with Gasteiger partial charge in [0.2, 0.25) is 0 Å². The molecule has 3 nitrogen and oxygen atoms in total. The van der Waals surface area contributed by atoms with Crippen LogP contribution in [0.2, 0.25) is 5.15 Å². The molecule has 0 spiro atoms. The molecule has 0 aliphatic carbocycles. The molecule has 2 heterocycles. The molecule has 17 heavy (non-hydrogen) atoms. The average Bonchev–Trinajstić information content (AvgIpc) is 2.82. The quantitative estimate of drug-likeness (QED) is 0.725. The molecule has 1 fully saturated rings. The zero-order chi connectivity index (χ0) is 11.8. The van der Waals surface area contributed by atoms with Crippen LogP contribution < -0.4 is 4.90 Å². The summed E-state index contributed by atoms with van der Waals surface area (Å²) in [6, 6.07) is 6.25. The number of aryl methyl sites for hydroxylation is 1. The minimum atomic E-state index is 0.550. The molecule has 1 saturated heterocycles. The maximum absolute atomic E-state index is 6.17. The van der Waals surface area contributed by atoms with Crippen molar-refractivity contribution < 1.29 is 0 Å². The molecule has 0 unspecified atom stereocenters. The SMILES string of the molecule is Cc1nc(Cl)c2cc(N3CCCC3)ccc2n1. The number of fused-ring (bicyclic) bond motifs is 1. The molecule has 1 aliphatic rings. The van der Waals surface area contributed by atoms with Gasteiger partial charge < -0.3 is 4.90 Å². The first-order chi connectivity index (χ1) is 8.24. The van der Waals surface area contributed by atoms with Crippen molar-refractivity contribution in [2.75, 3.05) is 18.0 Å². The number of benzene rings is 1. The fourth-order valence-corrected chi connectivity index (χ4v) is 2.63. The van der Waals surface area contributed by atoms with E-state index in [1.807, 2.05) is 13.0 Å². The van der Waals surface area contributed by atoms with Gasteiger partial charge >= 0.3 is 0 Å². The first kappa shape index (κ1) is 10.8. The van der Waals surface area contributed by atoms with E-state index in [1.54, 1.807) is 0 Å². The monoisotopic (exact) mass is 247 g/mol. The third-order valence-electron chi connectivity index (χ3n) is 3.22. The summed E-state index contributed by atoms with van der Waals surface area (Å²) in [6.07, 6.45) is 2.55. The predicted molar refractivity (Wildman–Crippen MR) is 70.7 cm³/mol. The lowest BCUT2D eigenvalue weighted by atomic mass is 10.2. The molecular formula is C13H14ClN3. The topological polar surface area (TPSA) is 29.0 Å². The average molecular weight is 248 g/mol. The molecular weight excluding hydrogens is 234 g/mol. The Morgan fingerprint density at radius 2 is 1.94 bits per heavy atom. The molecule has 3 rings (SSSR count). The van der Waals surface area contributed by atoms with Crippen molar-refractivity contribution in [3.05, 3.63) is 29.2 Å². The molecule has 0 N–H and O–H groups in total. The molecule has 0 radical (unpaired) electrons. The second-order valence-corrected chi connectivity index (χ2v) is 4.82. The van der Waals surface area contributed by atoms with E-state index in [9.17, 15) is 0 Å². The highest BCUT2D eigenvalue weighted by Gasteiger charge is 2.13. The number of halogens is 1. The third kappa shape index (κ3) is 1.95. The van der Waals surface area contributed by atoms with Crippen LogP contribution in [0.25, 0.3) is 10.9 Å². The highest BCUT2D eigenvalue weighted by molar-refractivity contribution is 6.34. The van der Waals surface area contributed by atoms with Crippen LogP contribution in [0.1, 0.15) is 18.7 Å². The van der Waals surface area contributed by atoms with Gasteiger partial charge in [0.05, 0.1) is 5.52 Å². The first-order valence-electron chi connectivity index (χ1n) is 5.93. The standard InChI is InChI=1S/C13H14ClN3/c1-9-15-12-5-4-10(17-6-2-3-7-17)8-11(12)13(14)16-9/h4-5,8H,2-3,6-7H2,1H3. The summed E-state index contributed by atoms with van der Waals surface area (Å²) in [4.78, 5) is 11.0. The summed E-state index contributed by atoms with van der Waals surface area (Å²) >= 11 is 6.17. The van der Waals surface area contributed by atoms with Crippen molar-refractivity contribution in [2.24, 2.45) is 0 Å². The highest BCUT2D eigenvalue weighted by atomic mass is 35.5. The number of anilines is 1. The molecule has 4 heteroatoms. The van der Waals surface area contributed by atoms with E-state index in [0.29, 0.717) is 5.15 Å². The van der Waals surface area contributed by atoms with E-state index >= 15 is 0 Å². The van der Waals surface area contributed by atoms with Gasteiger partial charge in [-0.3, -0.25) is 0 Å². The first-order valence-corrected chi connectivity index (χ1v) is 6.31. The number of nitrogens with zero attached hydrogens (tertiary/aromatic N) is 3. The van der Waals surface area contributed by atoms with Gasteiger partial charge in [-0.2, -0.15) is 0 Å². The summed E-state index contributed by atoms with van der Waals surface area (Å²) in [5.74, 6) is 0.719. The Hall–Kier alpha value is -1.35. The van der Waals surface area contributed by atoms with Crippen LogP contribution in [0, 0.1) is 6.92 Å². The smallest absolute Gasteiger partial charge is 0.140 e. The van der Waals surface area contributed by atoms with Crippen LogP contribution in [-0.4, -0.2) is 23.1 Å². The van der Waals surface area contributed by atoms with E-state index in [2.05, 4.69) is 27.0 Å². The van der Waals surface area contributed by atoms with Crippen LogP contribution in [0.5, 0.6) is 0 Å². The lowest BCUT2D eigenvalue weighted by Crippen LogP contribution is -2.17. The zero-order valence-electron chi connectivity index (χ0n) is 9.78. The number of hydrogen-bond acceptors (Lipinski definition) is 3. The lowest BCUT2D eigenvalue weighted by Gasteiger charge is -2.18. The zero-order valence-corrected chi connectivity index (χ0v) is 10.5. The number of hydrogen-bond donors (Lipinski definition) is 0. The van der Waals surface area contributed by atoms with Crippen molar-refractivity contribution in [1.82, 2.24) is 9.97 Å². The largest absolute Gasteiger partial charge is 0.372 e. The van der Waals surface area contributed by atoms with Crippen molar-refractivity contribution in [2.45, 2.75) is 19.8 Å². The normalized spacial score (nSPS) is 15.8. The molecule has 1 aromatic carbocycles. The highest BCUT2D eigenvalue weighted by Crippen LogP contribution is 2.27. The molecule has 88 valence electrons. The summed E-state index contributed by atoms with van der Waals surface area (Å²) < 4.78 is 0. The summed E-state index contributed by atoms with van der Waals surface area (Å²) in [5.41, 5.74) is 2.15. The fraction of sp³-hybridized carbons (Fsp3) is 0.385. The van der Waals surface area contributed by atoms with Crippen LogP contribution in [0.15, 0.2) is 18.2 Å². The fourth-order valence-electron chi connectivity index (χ4n) is 2.36. The van der Waals surface area contributed by atoms with E-state index in [0.717, 1.165) is 29.8 Å². The maximum atomic E-state index is 6.17. The van der Waals surface area contributed by atoms with E-state index in [-0.39, 0.29) is 0 Å². The van der Waals surface area contributed by atoms with Crippen molar-refractivity contribution in [3.63, 3.8) is 0 Å².